The molecule has 0 bridgehead atoms. The monoisotopic (exact) mass is 392 g/mol. The van der Waals surface area contributed by atoms with E-state index >= 15 is 0 Å². The Morgan fingerprint density at radius 1 is 1.36 bits per heavy atom. The van der Waals surface area contributed by atoms with Gasteiger partial charge in [-0.25, -0.2) is 0 Å². The zero-order valence-corrected chi connectivity index (χ0v) is 16.4. The van der Waals surface area contributed by atoms with Gasteiger partial charge >= 0.3 is 0 Å². The molecule has 8 heteroatoms. The second kappa shape index (κ2) is 7.59. The molecule has 1 aromatic carbocycles. The van der Waals surface area contributed by atoms with Crippen LogP contribution in [0.5, 0.6) is 0 Å². The number of nitrogens with one attached hydrogen (secondary N) is 1. The normalized spacial score (nSPS) is 12.2. The number of carbonyl (C=O) groups excluding carboxylic acids is 1. The van der Waals surface area contributed by atoms with E-state index in [2.05, 4.69) is 15.5 Å². The Hall–Kier alpha value is -1.83. The van der Waals surface area contributed by atoms with Crippen molar-refractivity contribution >= 4 is 46.3 Å². The van der Waals surface area contributed by atoms with Gasteiger partial charge in [0.15, 0.2) is 11.0 Å². The lowest BCUT2D eigenvalue weighted by Crippen LogP contribution is -2.23. The van der Waals surface area contributed by atoms with Gasteiger partial charge in [-0.15, -0.1) is 21.5 Å². The van der Waals surface area contributed by atoms with E-state index in [0.717, 1.165) is 22.0 Å². The number of hydrogen-bond acceptors (Lipinski definition) is 5. The van der Waals surface area contributed by atoms with Gasteiger partial charge in [-0.2, -0.15) is 0 Å². The Labute approximate surface area is 159 Å². The molecule has 25 heavy (non-hydrogen) atoms. The number of carbonyl (C=O) groups is 1. The highest BCUT2D eigenvalue weighted by molar-refractivity contribution is 8.00. The lowest BCUT2D eigenvalue weighted by Gasteiger charge is -2.13. The number of thiophene rings is 1. The van der Waals surface area contributed by atoms with E-state index in [1.54, 1.807) is 23.5 Å². The fourth-order valence-corrected chi connectivity index (χ4v) is 3.94. The second-order valence-electron chi connectivity index (χ2n) is 5.55. The summed E-state index contributed by atoms with van der Waals surface area (Å²) in [6.45, 7) is 3.78. The first kappa shape index (κ1) is 18.0. The van der Waals surface area contributed by atoms with Crippen molar-refractivity contribution in [2.24, 2.45) is 7.05 Å². The second-order valence-corrected chi connectivity index (χ2v) is 8.24. The number of thioether (sulfide) groups is 1. The number of anilines is 1. The summed E-state index contributed by atoms with van der Waals surface area (Å²) in [5.41, 5.74) is 1.69. The van der Waals surface area contributed by atoms with Crippen molar-refractivity contribution in [1.29, 1.82) is 0 Å². The van der Waals surface area contributed by atoms with Crippen molar-refractivity contribution in [3.63, 3.8) is 0 Å². The number of hydrogen-bond donors (Lipinski definition) is 1. The maximum absolute atomic E-state index is 12.5. The molecular formula is C17H17ClN4OS2. The van der Waals surface area contributed by atoms with Crippen LogP contribution in [0.2, 0.25) is 5.02 Å². The lowest BCUT2D eigenvalue weighted by molar-refractivity contribution is -0.115. The number of nitrogens with zero attached hydrogens (tertiary/aromatic N) is 3. The van der Waals surface area contributed by atoms with Crippen LogP contribution in [0.4, 0.5) is 5.69 Å². The number of rotatable bonds is 5. The van der Waals surface area contributed by atoms with E-state index in [-0.39, 0.29) is 11.2 Å². The summed E-state index contributed by atoms with van der Waals surface area (Å²) in [5.74, 6) is 0.701. The fraction of sp³-hybridized carbons (Fsp3) is 0.235. The average Bonchev–Trinajstić information content (AvgIpc) is 3.21. The first-order chi connectivity index (χ1) is 12.0. The summed E-state index contributed by atoms with van der Waals surface area (Å²) in [6, 6.07) is 9.41. The molecule has 0 fully saturated rings. The molecule has 0 saturated heterocycles. The van der Waals surface area contributed by atoms with Gasteiger partial charge in [0.25, 0.3) is 0 Å². The van der Waals surface area contributed by atoms with Gasteiger partial charge in [0.05, 0.1) is 10.1 Å². The minimum absolute atomic E-state index is 0.101. The van der Waals surface area contributed by atoms with Crippen LogP contribution in [-0.2, 0) is 11.8 Å². The van der Waals surface area contributed by atoms with E-state index in [0.29, 0.717) is 10.2 Å². The third-order valence-electron chi connectivity index (χ3n) is 3.69. The molecule has 0 radical (unpaired) electrons. The minimum Gasteiger partial charge on any atom is -0.325 e. The summed E-state index contributed by atoms with van der Waals surface area (Å²) >= 11 is 8.99. The molecule has 0 spiro atoms. The topological polar surface area (TPSA) is 59.8 Å². The Morgan fingerprint density at radius 3 is 2.88 bits per heavy atom. The molecular weight excluding hydrogens is 376 g/mol. The molecule has 0 aliphatic rings. The number of amides is 1. The molecule has 3 aromatic rings. The highest BCUT2D eigenvalue weighted by Gasteiger charge is 2.20. The predicted molar refractivity (Wildman–Crippen MR) is 104 cm³/mol. The van der Waals surface area contributed by atoms with Crippen molar-refractivity contribution in [1.82, 2.24) is 14.8 Å². The van der Waals surface area contributed by atoms with Crippen molar-refractivity contribution in [3.05, 3.63) is 46.3 Å². The van der Waals surface area contributed by atoms with E-state index in [9.17, 15) is 4.79 Å². The molecule has 2 aromatic heterocycles. The molecule has 2 heterocycles. The van der Waals surface area contributed by atoms with Crippen molar-refractivity contribution < 1.29 is 4.79 Å². The highest BCUT2D eigenvalue weighted by Crippen LogP contribution is 2.29. The van der Waals surface area contributed by atoms with Crippen LogP contribution in [0.25, 0.3) is 10.7 Å². The highest BCUT2D eigenvalue weighted by atomic mass is 35.5. The van der Waals surface area contributed by atoms with Gasteiger partial charge in [0, 0.05) is 17.8 Å². The van der Waals surface area contributed by atoms with Crippen LogP contribution in [0.1, 0.15) is 12.5 Å². The van der Waals surface area contributed by atoms with Gasteiger partial charge in [-0.3, -0.25) is 4.79 Å². The van der Waals surface area contributed by atoms with Crippen LogP contribution >= 0.6 is 34.7 Å². The zero-order chi connectivity index (χ0) is 18.0. The molecule has 1 atom stereocenters. The molecule has 5 nitrogen and oxygen atoms in total. The third-order valence-corrected chi connectivity index (χ3v) is 5.92. The summed E-state index contributed by atoms with van der Waals surface area (Å²) in [4.78, 5) is 13.5. The Balaban J connectivity index is 1.71. The first-order valence-electron chi connectivity index (χ1n) is 7.62. The third kappa shape index (κ3) is 4.05. The quantitative estimate of drug-likeness (QED) is 0.643. The Bertz CT molecular complexity index is 892. The van der Waals surface area contributed by atoms with E-state index in [4.69, 9.17) is 11.6 Å². The summed E-state index contributed by atoms with van der Waals surface area (Å²) in [5, 5.41) is 14.3. The smallest absolute Gasteiger partial charge is 0.237 e. The molecule has 130 valence electrons. The van der Waals surface area contributed by atoms with Crippen LogP contribution in [0, 0.1) is 6.92 Å². The van der Waals surface area contributed by atoms with Gasteiger partial charge < -0.3 is 9.88 Å². The molecule has 0 saturated carbocycles. The van der Waals surface area contributed by atoms with Gasteiger partial charge in [-0.05, 0) is 43.0 Å². The Kier molecular flexibility index (Phi) is 5.46. The minimum atomic E-state index is -0.322. The molecule has 0 aliphatic carbocycles. The number of halogens is 1. The number of aryl methyl sites for hydroxylation is 1. The largest absolute Gasteiger partial charge is 0.325 e. The maximum Gasteiger partial charge on any atom is 0.237 e. The summed E-state index contributed by atoms with van der Waals surface area (Å²) in [7, 11) is 1.91. The summed E-state index contributed by atoms with van der Waals surface area (Å²) < 4.78 is 1.91. The Morgan fingerprint density at radius 2 is 2.16 bits per heavy atom. The van der Waals surface area contributed by atoms with Crippen LogP contribution in [0.15, 0.2) is 40.9 Å². The van der Waals surface area contributed by atoms with Crippen molar-refractivity contribution in [3.8, 4) is 10.7 Å². The van der Waals surface area contributed by atoms with E-state index in [1.807, 2.05) is 49.0 Å². The van der Waals surface area contributed by atoms with Gasteiger partial charge in [0.2, 0.25) is 5.91 Å². The van der Waals surface area contributed by atoms with Crippen LogP contribution < -0.4 is 5.32 Å². The van der Waals surface area contributed by atoms with Crippen LogP contribution in [0.3, 0.4) is 0 Å². The zero-order valence-electron chi connectivity index (χ0n) is 14.0. The van der Waals surface area contributed by atoms with Crippen molar-refractivity contribution in [2.75, 3.05) is 5.32 Å². The predicted octanol–water partition coefficient (Wildman–Crippen LogP) is 4.62. The van der Waals surface area contributed by atoms with E-state index < -0.39 is 0 Å². The molecule has 3 rings (SSSR count). The standard InChI is InChI=1S/C17H17ClN4OS2/c1-10-6-7-12(18)9-13(10)19-16(23)11(2)25-17-21-20-15(22(17)3)14-5-4-8-24-14/h4-9,11H,1-3H3,(H,19,23). The summed E-state index contributed by atoms with van der Waals surface area (Å²) in [6.07, 6.45) is 0. The van der Waals surface area contributed by atoms with Crippen molar-refractivity contribution in [2.45, 2.75) is 24.3 Å². The number of aromatic nitrogens is 3. The van der Waals surface area contributed by atoms with E-state index in [1.165, 1.54) is 11.8 Å². The first-order valence-corrected chi connectivity index (χ1v) is 9.76. The molecule has 1 N–H and O–H groups in total. The molecule has 0 aliphatic heterocycles. The van der Waals surface area contributed by atoms with Crippen LogP contribution in [-0.4, -0.2) is 25.9 Å². The van der Waals surface area contributed by atoms with Gasteiger partial charge in [0.1, 0.15) is 0 Å². The SMILES string of the molecule is Cc1ccc(Cl)cc1NC(=O)C(C)Sc1nnc(-c2cccs2)n1C. The van der Waals surface area contributed by atoms with Gasteiger partial charge in [-0.1, -0.05) is 35.5 Å². The average molecular weight is 393 g/mol. The molecule has 1 amide bonds. The maximum atomic E-state index is 12.5. The fourth-order valence-electron chi connectivity index (χ4n) is 2.21. The molecule has 1 unspecified atom stereocenters. The lowest BCUT2D eigenvalue weighted by atomic mass is 10.2. The number of benzene rings is 1.